The lowest BCUT2D eigenvalue weighted by atomic mass is 10.1. The molecule has 0 amide bonds. The summed E-state index contributed by atoms with van der Waals surface area (Å²) in [5.74, 6) is 1.80. The van der Waals surface area contributed by atoms with Crippen LogP contribution in [0.2, 0.25) is 0 Å². The summed E-state index contributed by atoms with van der Waals surface area (Å²) in [6.07, 6.45) is 4.08. The van der Waals surface area contributed by atoms with Crippen LogP contribution < -0.4 is 10.6 Å². The third kappa shape index (κ3) is 5.68. The molecule has 20 heavy (non-hydrogen) atoms. The van der Waals surface area contributed by atoms with Crippen molar-refractivity contribution in [2.45, 2.75) is 53.0 Å². The summed E-state index contributed by atoms with van der Waals surface area (Å²) in [6.45, 7) is 8.01. The molecule has 0 saturated heterocycles. The van der Waals surface area contributed by atoms with Gasteiger partial charge in [-0.25, -0.2) is 0 Å². The van der Waals surface area contributed by atoms with Crippen LogP contribution >= 0.6 is 24.0 Å². The van der Waals surface area contributed by atoms with Gasteiger partial charge in [0.05, 0.1) is 5.69 Å². The fraction of sp³-hybridized carbons (Fsp3) is 0.714. The number of unbranched alkanes of at least 4 members (excludes halogenated alkanes) is 1. The average molecular weight is 394 g/mol. The third-order valence-electron chi connectivity index (χ3n) is 3.09. The Morgan fingerprint density at radius 3 is 2.50 bits per heavy atom. The number of aryl methyl sites for hydroxylation is 2. The monoisotopic (exact) mass is 394 g/mol. The van der Waals surface area contributed by atoms with E-state index in [-0.39, 0.29) is 24.0 Å². The minimum atomic E-state index is 0. The molecule has 0 unspecified atom stereocenters. The highest BCUT2D eigenvalue weighted by Crippen LogP contribution is 2.15. The SMILES string of the molecule is CCCCNC(=NC)NCc1c(CC)noc1CC.I. The molecule has 1 heterocycles. The molecule has 1 aromatic heterocycles. The Morgan fingerprint density at radius 2 is 1.95 bits per heavy atom. The molecule has 0 bridgehead atoms. The highest BCUT2D eigenvalue weighted by molar-refractivity contribution is 14.0. The number of aromatic nitrogens is 1. The topological polar surface area (TPSA) is 62.5 Å². The molecule has 1 rings (SSSR count). The lowest BCUT2D eigenvalue weighted by Crippen LogP contribution is -2.37. The number of guanidine groups is 1. The standard InChI is InChI=1S/C14H26N4O.HI/c1-5-8-9-16-14(15-4)17-10-11-12(6-2)18-19-13(11)7-3;/h5-10H2,1-4H3,(H2,15,16,17);1H. The van der Waals surface area contributed by atoms with E-state index in [9.17, 15) is 0 Å². The lowest BCUT2D eigenvalue weighted by Gasteiger charge is -2.11. The Bertz CT molecular complexity index is 382. The van der Waals surface area contributed by atoms with E-state index in [1.54, 1.807) is 7.05 Å². The van der Waals surface area contributed by atoms with E-state index in [0.717, 1.165) is 43.2 Å². The van der Waals surface area contributed by atoms with Crippen molar-refractivity contribution >= 4 is 29.9 Å². The Balaban J connectivity index is 0.00000361. The van der Waals surface area contributed by atoms with Gasteiger partial charge in [-0.3, -0.25) is 4.99 Å². The number of hydrogen-bond donors (Lipinski definition) is 2. The van der Waals surface area contributed by atoms with Crippen LogP contribution in [0.1, 0.15) is 50.6 Å². The number of hydrogen-bond acceptors (Lipinski definition) is 3. The summed E-state index contributed by atoms with van der Waals surface area (Å²) in [6, 6.07) is 0. The first-order chi connectivity index (χ1) is 9.26. The maximum atomic E-state index is 5.35. The summed E-state index contributed by atoms with van der Waals surface area (Å²) < 4.78 is 5.35. The predicted octanol–water partition coefficient (Wildman–Crippen LogP) is 2.88. The molecule has 2 N–H and O–H groups in total. The zero-order valence-electron chi connectivity index (χ0n) is 13.0. The van der Waals surface area contributed by atoms with Gasteiger partial charge in [-0.1, -0.05) is 32.3 Å². The predicted molar refractivity (Wildman–Crippen MR) is 93.8 cm³/mol. The normalized spacial score (nSPS) is 11.1. The molecule has 6 heteroatoms. The van der Waals surface area contributed by atoms with Crippen LogP contribution in [-0.4, -0.2) is 24.7 Å². The van der Waals surface area contributed by atoms with E-state index in [4.69, 9.17) is 4.52 Å². The molecule has 0 aliphatic heterocycles. The third-order valence-corrected chi connectivity index (χ3v) is 3.09. The zero-order chi connectivity index (χ0) is 14.1. The summed E-state index contributed by atoms with van der Waals surface area (Å²) >= 11 is 0. The molecule has 0 saturated carbocycles. The molecule has 0 aliphatic rings. The molecular weight excluding hydrogens is 367 g/mol. The molecule has 0 spiro atoms. The molecule has 0 aliphatic carbocycles. The molecule has 5 nitrogen and oxygen atoms in total. The molecule has 0 atom stereocenters. The highest BCUT2D eigenvalue weighted by Gasteiger charge is 2.13. The Labute approximate surface area is 139 Å². The van der Waals surface area contributed by atoms with Crippen LogP contribution in [0.15, 0.2) is 9.52 Å². The number of rotatable bonds is 7. The highest BCUT2D eigenvalue weighted by atomic mass is 127. The van der Waals surface area contributed by atoms with Gasteiger partial charge >= 0.3 is 0 Å². The zero-order valence-corrected chi connectivity index (χ0v) is 15.3. The molecule has 0 radical (unpaired) electrons. The van der Waals surface area contributed by atoms with Crippen molar-refractivity contribution in [3.63, 3.8) is 0 Å². The van der Waals surface area contributed by atoms with Crippen molar-refractivity contribution in [3.05, 3.63) is 17.0 Å². The van der Waals surface area contributed by atoms with Gasteiger partial charge in [-0.15, -0.1) is 24.0 Å². The van der Waals surface area contributed by atoms with Gasteiger partial charge in [0.1, 0.15) is 5.76 Å². The summed E-state index contributed by atoms with van der Waals surface area (Å²) in [7, 11) is 1.79. The van der Waals surface area contributed by atoms with Gasteiger partial charge in [0, 0.05) is 32.1 Å². The van der Waals surface area contributed by atoms with Crippen LogP contribution in [0, 0.1) is 0 Å². The van der Waals surface area contributed by atoms with Crippen LogP contribution in [0.5, 0.6) is 0 Å². The van der Waals surface area contributed by atoms with Crippen molar-refractivity contribution in [3.8, 4) is 0 Å². The molecule has 1 aromatic rings. The largest absolute Gasteiger partial charge is 0.361 e. The van der Waals surface area contributed by atoms with Crippen molar-refractivity contribution < 1.29 is 4.52 Å². The van der Waals surface area contributed by atoms with Gasteiger partial charge in [0.25, 0.3) is 0 Å². The van der Waals surface area contributed by atoms with E-state index in [2.05, 4.69) is 41.6 Å². The van der Waals surface area contributed by atoms with Crippen molar-refractivity contribution in [1.82, 2.24) is 15.8 Å². The summed E-state index contributed by atoms with van der Waals surface area (Å²) in [5.41, 5.74) is 2.21. The minimum absolute atomic E-state index is 0. The van der Waals surface area contributed by atoms with Crippen molar-refractivity contribution in [1.29, 1.82) is 0 Å². The average Bonchev–Trinajstić information content (AvgIpc) is 2.84. The molecule has 116 valence electrons. The van der Waals surface area contributed by atoms with E-state index >= 15 is 0 Å². The molecule has 0 fully saturated rings. The minimum Gasteiger partial charge on any atom is -0.361 e. The van der Waals surface area contributed by atoms with Gasteiger partial charge in [-0.2, -0.15) is 0 Å². The summed E-state index contributed by atoms with van der Waals surface area (Å²) in [5, 5.41) is 10.7. The Kier molecular flexibility index (Phi) is 10.5. The second-order valence-corrected chi connectivity index (χ2v) is 4.44. The van der Waals surface area contributed by atoms with E-state index in [1.807, 2.05) is 0 Å². The maximum absolute atomic E-state index is 5.35. The number of halogens is 1. The lowest BCUT2D eigenvalue weighted by molar-refractivity contribution is 0.380. The number of nitrogens with zero attached hydrogens (tertiary/aromatic N) is 2. The van der Waals surface area contributed by atoms with Crippen LogP contribution in [0.4, 0.5) is 0 Å². The Hall–Kier alpha value is -0.790. The Morgan fingerprint density at radius 1 is 1.20 bits per heavy atom. The number of aliphatic imine (C=N–C) groups is 1. The maximum Gasteiger partial charge on any atom is 0.191 e. The van der Waals surface area contributed by atoms with Gasteiger partial charge < -0.3 is 15.2 Å². The fourth-order valence-electron chi connectivity index (χ4n) is 1.91. The van der Waals surface area contributed by atoms with Gasteiger partial charge in [-0.05, 0) is 12.8 Å². The van der Waals surface area contributed by atoms with Crippen molar-refractivity contribution in [2.75, 3.05) is 13.6 Å². The quantitative estimate of drug-likeness (QED) is 0.323. The van der Waals surface area contributed by atoms with Gasteiger partial charge in [0.2, 0.25) is 0 Å². The fourth-order valence-corrected chi connectivity index (χ4v) is 1.91. The van der Waals surface area contributed by atoms with E-state index < -0.39 is 0 Å². The van der Waals surface area contributed by atoms with E-state index in [1.165, 1.54) is 12.0 Å². The number of nitrogens with one attached hydrogen (secondary N) is 2. The molecular formula is C14H27IN4O. The van der Waals surface area contributed by atoms with Crippen molar-refractivity contribution in [2.24, 2.45) is 4.99 Å². The first-order valence-corrected chi connectivity index (χ1v) is 7.17. The first kappa shape index (κ1) is 19.2. The second-order valence-electron chi connectivity index (χ2n) is 4.44. The second kappa shape index (κ2) is 10.9. The van der Waals surface area contributed by atoms with Crippen LogP contribution in [-0.2, 0) is 19.4 Å². The van der Waals surface area contributed by atoms with Crippen LogP contribution in [0.3, 0.4) is 0 Å². The first-order valence-electron chi connectivity index (χ1n) is 7.17. The van der Waals surface area contributed by atoms with E-state index in [0.29, 0.717) is 6.54 Å². The summed E-state index contributed by atoms with van der Waals surface area (Å²) in [4.78, 5) is 4.21. The van der Waals surface area contributed by atoms with Gasteiger partial charge in [0.15, 0.2) is 5.96 Å². The smallest absolute Gasteiger partial charge is 0.191 e. The van der Waals surface area contributed by atoms with Crippen LogP contribution in [0.25, 0.3) is 0 Å². The molecule has 0 aromatic carbocycles.